The lowest BCUT2D eigenvalue weighted by atomic mass is 10.1. The molecule has 1 aliphatic rings. The normalized spacial score (nSPS) is 20.3. The van der Waals surface area contributed by atoms with Gasteiger partial charge in [0, 0.05) is 12.5 Å². The maximum atomic E-state index is 11.9. The number of aromatic carboxylic acids is 1. The Hall–Kier alpha value is -1.89. The molecule has 0 saturated carbocycles. The number of nitrogens with one attached hydrogen (secondary N) is 1. The van der Waals surface area contributed by atoms with E-state index in [1.54, 1.807) is 12.1 Å². The van der Waals surface area contributed by atoms with Crippen LogP contribution in [-0.2, 0) is 21.1 Å². The SMILES string of the molecule is O=C(CCc1ccc(C(=O)O)cc1)NC1CCCS(=O)(=O)C1. The molecule has 1 fully saturated rings. The number of rotatable bonds is 5. The maximum absolute atomic E-state index is 11.9. The van der Waals surface area contributed by atoms with E-state index in [1.165, 1.54) is 12.1 Å². The molecule has 1 saturated heterocycles. The molecule has 2 N–H and O–H groups in total. The molecule has 120 valence electrons. The minimum absolute atomic E-state index is 0.0199. The summed E-state index contributed by atoms with van der Waals surface area (Å²) >= 11 is 0. The van der Waals surface area contributed by atoms with Crippen LogP contribution in [-0.4, -0.2) is 42.9 Å². The third-order valence-electron chi connectivity index (χ3n) is 3.67. The van der Waals surface area contributed by atoms with Crippen molar-refractivity contribution in [1.29, 1.82) is 0 Å². The highest BCUT2D eigenvalue weighted by atomic mass is 32.2. The summed E-state index contributed by atoms with van der Waals surface area (Å²) in [4.78, 5) is 22.6. The predicted molar refractivity (Wildman–Crippen MR) is 81.5 cm³/mol. The van der Waals surface area contributed by atoms with Gasteiger partial charge in [0.1, 0.15) is 0 Å². The minimum atomic E-state index is -3.03. The maximum Gasteiger partial charge on any atom is 0.335 e. The van der Waals surface area contributed by atoms with Crippen LogP contribution in [0.25, 0.3) is 0 Å². The third kappa shape index (κ3) is 4.84. The number of sulfone groups is 1. The van der Waals surface area contributed by atoms with E-state index < -0.39 is 15.8 Å². The van der Waals surface area contributed by atoms with Gasteiger partial charge in [0.2, 0.25) is 5.91 Å². The molecule has 0 radical (unpaired) electrons. The molecule has 7 heteroatoms. The first-order valence-electron chi connectivity index (χ1n) is 7.18. The Morgan fingerprint density at radius 2 is 1.91 bits per heavy atom. The lowest BCUT2D eigenvalue weighted by Gasteiger charge is -2.23. The molecular formula is C15H19NO5S. The molecule has 0 aliphatic carbocycles. The van der Waals surface area contributed by atoms with Gasteiger partial charge in [-0.25, -0.2) is 13.2 Å². The lowest BCUT2D eigenvalue weighted by Crippen LogP contribution is -2.43. The molecule has 1 unspecified atom stereocenters. The van der Waals surface area contributed by atoms with Crippen molar-refractivity contribution in [2.24, 2.45) is 0 Å². The molecule has 6 nitrogen and oxygen atoms in total. The van der Waals surface area contributed by atoms with Crippen molar-refractivity contribution < 1.29 is 23.1 Å². The number of carboxylic acids is 1. The van der Waals surface area contributed by atoms with Crippen LogP contribution in [0, 0.1) is 0 Å². The van der Waals surface area contributed by atoms with Crippen LogP contribution in [0.15, 0.2) is 24.3 Å². The van der Waals surface area contributed by atoms with Gasteiger partial charge >= 0.3 is 5.97 Å². The highest BCUT2D eigenvalue weighted by molar-refractivity contribution is 7.91. The zero-order chi connectivity index (χ0) is 16.2. The number of aryl methyl sites for hydroxylation is 1. The van der Waals surface area contributed by atoms with Crippen LogP contribution >= 0.6 is 0 Å². The van der Waals surface area contributed by atoms with Crippen LogP contribution in [0.4, 0.5) is 0 Å². The topological polar surface area (TPSA) is 101 Å². The van der Waals surface area contributed by atoms with Gasteiger partial charge in [0.05, 0.1) is 17.1 Å². The van der Waals surface area contributed by atoms with Gasteiger partial charge < -0.3 is 10.4 Å². The zero-order valence-electron chi connectivity index (χ0n) is 12.1. The zero-order valence-corrected chi connectivity index (χ0v) is 12.9. The Kier molecular flexibility index (Phi) is 5.18. The number of carbonyl (C=O) groups excluding carboxylic acids is 1. The second-order valence-corrected chi connectivity index (χ2v) is 7.75. The summed E-state index contributed by atoms with van der Waals surface area (Å²) in [6.45, 7) is 0. The highest BCUT2D eigenvalue weighted by Crippen LogP contribution is 2.12. The van der Waals surface area contributed by atoms with Crippen molar-refractivity contribution in [2.45, 2.75) is 31.7 Å². The Balaban J connectivity index is 1.81. The van der Waals surface area contributed by atoms with E-state index >= 15 is 0 Å². The molecule has 1 heterocycles. The second kappa shape index (κ2) is 6.91. The smallest absolute Gasteiger partial charge is 0.335 e. The van der Waals surface area contributed by atoms with Crippen LogP contribution in [0.5, 0.6) is 0 Å². The molecule has 1 atom stereocenters. The van der Waals surface area contributed by atoms with Gasteiger partial charge in [-0.1, -0.05) is 12.1 Å². The first-order chi connectivity index (χ1) is 10.4. The van der Waals surface area contributed by atoms with Gasteiger partial charge in [0.15, 0.2) is 9.84 Å². The fraction of sp³-hybridized carbons (Fsp3) is 0.467. The lowest BCUT2D eigenvalue weighted by molar-refractivity contribution is -0.121. The summed E-state index contributed by atoms with van der Waals surface area (Å²) in [5.74, 6) is -0.936. The number of hydrogen-bond acceptors (Lipinski definition) is 4. The van der Waals surface area contributed by atoms with Crippen molar-refractivity contribution >= 4 is 21.7 Å². The molecule has 0 aromatic heterocycles. The van der Waals surface area contributed by atoms with Gasteiger partial charge in [0.25, 0.3) is 0 Å². The van der Waals surface area contributed by atoms with Gasteiger partial charge in [-0.2, -0.15) is 0 Å². The number of hydrogen-bond donors (Lipinski definition) is 2. The molecule has 1 aliphatic heterocycles. The first-order valence-corrected chi connectivity index (χ1v) is 9.00. The number of carboxylic acid groups (broad SMARTS) is 1. The van der Waals surface area contributed by atoms with Crippen LogP contribution in [0.1, 0.15) is 35.2 Å². The Morgan fingerprint density at radius 1 is 1.23 bits per heavy atom. The molecule has 1 aromatic carbocycles. The van der Waals surface area contributed by atoms with Crippen LogP contribution in [0.3, 0.4) is 0 Å². The number of benzene rings is 1. The van der Waals surface area contributed by atoms with E-state index in [1.807, 2.05) is 0 Å². The van der Waals surface area contributed by atoms with Crippen molar-refractivity contribution in [2.75, 3.05) is 11.5 Å². The summed E-state index contributed by atoms with van der Waals surface area (Å²) in [7, 11) is -3.03. The highest BCUT2D eigenvalue weighted by Gasteiger charge is 2.25. The van der Waals surface area contributed by atoms with E-state index in [2.05, 4.69) is 5.32 Å². The van der Waals surface area contributed by atoms with E-state index in [9.17, 15) is 18.0 Å². The summed E-state index contributed by atoms with van der Waals surface area (Å²) < 4.78 is 23.0. The minimum Gasteiger partial charge on any atom is -0.478 e. The molecule has 22 heavy (non-hydrogen) atoms. The fourth-order valence-corrected chi connectivity index (χ4v) is 4.14. The number of carbonyl (C=O) groups is 2. The molecule has 1 aromatic rings. The average molecular weight is 325 g/mol. The van der Waals surface area contributed by atoms with Crippen molar-refractivity contribution in [3.63, 3.8) is 0 Å². The summed E-state index contributed by atoms with van der Waals surface area (Å²) in [5, 5.41) is 11.6. The van der Waals surface area contributed by atoms with Gasteiger partial charge in [-0.3, -0.25) is 4.79 Å². The van der Waals surface area contributed by atoms with Gasteiger partial charge in [-0.05, 0) is 37.0 Å². The standard InChI is InChI=1S/C15H19NO5S/c17-14(16-13-2-1-9-22(20,21)10-13)8-5-11-3-6-12(7-4-11)15(18)19/h3-4,6-7,13H,1-2,5,8-10H2,(H,16,17)(H,18,19). The second-order valence-electron chi connectivity index (χ2n) is 5.52. The van der Waals surface area contributed by atoms with Crippen molar-refractivity contribution in [3.8, 4) is 0 Å². The Labute approximate surface area is 129 Å². The number of amides is 1. The van der Waals surface area contributed by atoms with E-state index in [0.29, 0.717) is 19.3 Å². The largest absolute Gasteiger partial charge is 0.478 e. The Morgan fingerprint density at radius 3 is 2.50 bits per heavy atom. The van der Waals surface area contributed by atoms with E-state index in [0.717, 1.165) is 5.56 Å². The van der Waals surface area contributed by atoms with Crippen LogP contribution < -0.4 is 5.32 Å². The third-order valence-corrected chi connectivity index (χ3v) is 5.49. The monoisotopic (exact) mass is 325 g/mol. The summed E-state index contributed by atoms with van der Waals surface area (Å²) in [6.07, 6.45) is 2.02. The average Bonchev–Trinajstić information content (AvgIpc) is 2.44. The quantitative estimate of drug-likeness (QED) is 0.841. The van der Waals surface area contributed by atoms with Crippen molar-refractivity contribution in [3.05, 3.63) is 35.4 Å². The Bertz CT molecular complexity index is 651. The van der Waals surface area contributed by atoms with E-state index in [4.69, 9.17) is 5.11 Å². The predicted octanol–water partition coefficient (Wildman–Crippen LogP) is 1.01. The molecule has 0 bridgehead atoms. The first kappa shape index (κ1) is 16.5. The summed E-state index contributed by atoms with van der Waals surface area (Å²) in [6, 6.07) is 6.08. The molecule has 2 rings (SSSR count). The van der Waals surface area contributed by atoms with Crippen LogP contribution in [0.2, 0.25) is 0 Å². The molecule has 0 spiro atoms. The molecular weight excluding hydrogens is 306 g/mol. The molecule has 1 amide bonds. The van der Waals surface area contributed by atoms with Crippen molar-refractivity contribution in [1.82, 2.24) is 5.32 Å². The van der Waals surface area contributed by atoms with E-state index in [-0.39, 0.29) is 35.4 Å². The summed E-state index contributed by atoms with van der Waals surface area (Å²) in [5.41, 5.74) is 1.08. The van der Waals surface area contributed by atoms with Gasteiger partial charge in [-0.15, -0.1) is 0 Å². The fourth-order valence-electron chi connectivity index (χ4n) is 2.51.